The number of benzene rings is 2. The van der Waals surface area contributed by atoms with Gasteiger partial charge in [0.15, 0.2) is 16.9 Å². The van der Waals surface area contributed by atoms with Crippen molar-refractivity contribution in [1.29, 1.82) is 0 Å². The summed E-state index contributed by atoms with van der Waals surface area (Å²) in [5, 5.41) is 13.9. The van der Waals surface area contributed by atoms with Gasteiger partial charge in [0, 0.05) is 50.4 Å². The molecule has 3 aliphatic heterocycles. The first-order valence-corrected chi connectivity index (χ1v) is 12.3. The Morgan fingerprint density at radius 3 is 2.55 bits per heavy atom. The van der Waals surface area contributed by atoms with Gasteiger partial charge in [0.25, 0.3) is 5.69 Å². The molecule has 0 bridgehead atoms. The summed E-state index contributed by atoms with van der Waals surface area (Å²) in [4.78, 5) is 56.8. The van der Waals surface area contributed by atoms with Crippen molar-refractivity contribution in [3.05, 3.63) is 57.6 Å². The summed E-state index contributed by atoms with van der Waals surface area (Å²) in [5.41, 5.74) is 0.406. The zero-order valence-electron chi connectivity index (χ0n) is 21.4. The summed E-state index contributed by atoms with van der Waals surface area (Å²) >= 11 is 0. The van der Waals surface area contributed by atoms with Gasteiger partial charge in [-0.3, -0.25) is 29.9 Å². The van der Waals surface area contributed by atoms with Crippen LogP contribution in [0.5, 0.6) is 11.5 Å². The van der Waals surface area contributed by atoms with Crippen LogP contribution in [0.2, 0.25) is 0 Å². The number of methoxy groups -OCH3 is 2. The van der Waals surface area contributed by atoms with Gasteiger partial charge in [0.05, 0.1) is 25.2 Å². The van der Waals surface area contributed by atoms with Crippen molar-refractivity contribution < 1.29 is 28.8 Å². The fourth-order valence-corrected chi connectivity index (χ4v) is 5.79. The molecule has 12 heteroatoms. The average Bonchev–Trinajstić information content (AvgIpc) is 2.91. The zero-order valence-corrected chi connectivity index (χ0v) is 21.4. The molecule has 0 aliphatic carbocycles. The number of amides is 4. The van der Waals surface area contributed by atoms with Crippen molar-refractivity contribution in [2.75, 3.05) is 52.3 Å². The molecule has 200 valence electrons. The molecule has 1 N–H and O–H groups in total. The lowest BCUT2D eigenvalue weighted by molar-refractivity contribution is -0.384. The van der Waals surface area contributed by atoms with Gasteiger partial charge in [-0.15, -0.1) is 0 Å². The number of nitro groups is 1. The van der Waals surface area contributed by atoms with Gasteiger partial charge in [-0.1, -0.05) is 6.07 Å². The summed E-state index contributed by atoms with van der Waals surface area (Å²) in [6.45, 7) is 1.70. The Morgan fingerprint density at radius 2 is 1.84 bits per heavy atom. The molecule has 2 saturated heterocycles. The van der Waals surface area contributed by atoms with E-state index in [-0.39, 0.29) is 18.7 Å². The van der Waals surface area contributed by atoms with E-state index in [0.717, 1.165) is 16.2 Å². The highest BCUT2D eigenvalue weighted by Crippen LogP contribution is 2.46. The Labute approximate surface area is 219 Å². The first-order chi connectivity index (χ1) is 18.2. The van der Waals surface area contributed by atoms with Crippen LogP contribution >= 0.6 is 0 Å². The van der Waals surface area contributed by atoms with E-state index in [1.165, 1.54) is 26.4 Å². The van der Waals surface area contributed by atoms with E-state index in [1.54, 1.807) is 18.2 Å². The average molecular weight is 524 g/mol. The fraction of sp³-hybridized carbons (Fsp3) is 0.423. The number of hydrogen-bond donors (Lipinski definition) is 1. The highest BCUT2D eigenvalue weighted by Gasteiger charge is 2.62. The van der Waals surface area contributed by atoms with E-state index < -0.39 is 34.2 Å². The number of hydrogen-bond acceptors (Lipinski definition) is 9. The van der Waals surface area contributed by atoms with Crippen LogP contribution in [-0.4, -0.2) is 86.1 Å². The maximum atomic E-state index is 14.2. The van der Waals surface area contributed by atoms with E-state index >= 15 is 0 Å². The highest BCUT2D eigenvalue weighted by molar-refractivity contribution is 6.20. The first kappa shape index (κ1) is 25.5. The standard InChI is InChI=1S/C26H29N5O7/c1-28-10-11-29-19-6-5-18(31(35)36)13-17(19)14-26(22(29)15-28)23(32)27-25(34)30(24(26)33)9-8-16-4-7-20(37-2)21(12-16)38-3/h4-7,12-13,22H,8-11,14-15H2,1-3H3,(H,27,32,34)/t22-,26+/m0/s1. The quantitative estimate of drug-likeness (QED) is 0.340. The maximum absolute atomic E-state index is 14.2. The number of likely N-dealkylation sites (N-methyl/N-ethyl adjacent to an activating group) is 1. The lowest BCUT2D eigenvalue weighted by atomic mass is 9.67. The van der Waals surface area contributed by atoms with Crippen LogP contribution in [0.4, 0.5) is 16.2 Å². The van der Waals surface area contributed by atoms with Crippen LogP contribution in [0.15, 0.2) is 36.4 Å². The van der Waals surface area contributed by atoms with E-state index in [9.17, 15) is 24.5 Å². The predicted molar refractivity (Wildman–Crippen MR) is 136 cm³/mol. The molecular formula is C26H29N5O7. The number of anilines is 1. The molecule has 0 radical (unpaired) electrons. The minimum Gasteiger partial charge on any atom is -0.493 e. The third-order valence-electron chi connectivity index (χ3n) is 7.77. The number of piperazine rings is 1. The van der Waals surface area contributed by atoms with Crippen molar-refractivity contribution in [3.63, 3.8) is 0 Å². The summed E-state index contributed by atoms with van der Waals surface area (Å²) in [6, 6.07) is 8.58. The number of urea groups is 1. The molecule has 2 atom stereocenters. The minimum atomic E-state index is -1.61. The highest BCUT2D eigenvalue weighted by atomic mass is 16.6. The Bertz CT molecular complexity index is 1330. The van der Waals surface area contributed by atoms with Crippen LogP contribution in [0.1, 0.15) is 11.1 Å². The van der Waals surface area contributed by atoms with Crippen LogP contribution in [0.3, 0.4) is 0 Å². The van der Waals surface area contributed by atoms with E-state index in [0.29, 0.717) is 43.1 Å². The minimum absolute atomic E-state index is 0.0379. The topological polar surface area (TPSA) is 135 Å². The summed E-state index contributed by atoms with van der Waals surface area (Å²) < 4.78 is 10.6. The number of carbonyl (C=O) groups excluding carboxylic acids is 3. The number of imide groups is 2. The van der Waals surface area contributed by atoms with Gasteiger partial charge in [-0.2, -0.15) is 0 Å². The van der Waals surface area contributed by atoms with Gasteiger partial charge in [0.1, 0.15) is 0 Å². The maximum Gasteiger partial charge on any atom is 0.330 e. The Morgan fingerprint density at radius 1 is 1.08 bits per heavy atom. The van der Waals surface area contributed by atoms with Crippen molar-refractivity contribution in [3.8, 4) is 11.5 Å². The van der Waals surface area contributed by atoms with Crippen LogP contribution in [0, 0.1) is 15.5 Å². The SMILES string of the molecule is COc1ccc(CCN2C(=O)NC(=O)[C@]3(Cc4cc([N+](=O)[O-])ccc4N4CCN(C)C[C@H]43)C2=O)cc1OC. The molecular weight excluding hydrogens is 494 g/mol. The molecule has 2 aromatic carbocycles. The number of non-ortho nitro benzene ring substituents is 1. The molecule has 0 saturated carbocycles. The second-order valence-electron chi connectivity index (χ2n) is 9.85. The normalized spacial score (nSPS) is 23.1. The third-order valence-corrected chi connectivity index (χ3v) is 7.77. The van der Waals surface area contributed by atoms with Gasteiger partial charge in [-0.25, -0.2) is 4.79 Å². The summed E-state index contributed by atoms with van der Waals surface area (Å²) in [6.07, 6.45) is 0.296. The van der Waals surface area contributed by atoms with Gasteiger partial charge in [0.2, 0.25) is 11.8 Å². The third kappa shape index (κ3) is 4.01. The molecule has 4 amide bonds. The fourth-order valence-electron chi connectivity index (χ4n) is 5.79. The second-order valence-corrected chi connectivity index (χ2v) is 9.85. The molecule has 2 aromatic rings. The number of nitrogens with zero attached hydrogens (tertiary/aromatic N) is 4. The van der Waals surface area contributed by atoms with E-state index in [2.05, 4.69) is 5.32 Å². The predicted octanol–water partition coefficient (Wildman–Crippen LogP) is 1.60. The molecule has 3 aliphatic rings. The number of barbiturate groups is 1. The molecule has 0 aromatic heterocycles. The lowest BCUT2D eigenvalue weighted by Gasteiger charge is -2.55. The number of carbonyl (C=O) groups is 3. The van der Waals surface area contributed by atoms with E-state index in [1.807, 2.05) is 22.9 Å². The number of rotatable bonds is 6. The lowest BCUT2D eigenvalue weighted by Crippen LogP contribution is -2.75. The number of ether oxygens (including phenoxy) is 2. The Balaban J connectivity index is 1.51. The van der Waals surface area contributed by atoms with Crippen LogP contribution in [0.25, 0.3) is 0 Å². The number of nitrogens with one attached hydrogen (secondary N) is 1. The van der Waals surface area contributed by atoms with Crippen molar-refractivity contribution in [2.45, 2.75) is 18.9 Å². The second kappa shape index (κ2) is 9.60. The largest absolute Gasteiger partial charge is 0.493 e. The molecule has 12 nitrogen and oxygen atoms in total. The number of fused-ring (bicyclic) bond motifs is 4. The number of nitro benzene ring substituents is 1. The molecule has 1 spiro atoms. The van der Waals surface area contributed by atoms with Gasteiger partial charge < -0.3 is 19.3 Å². The van der Waals surface area contributed by atoms with Crippen molar-refractivity contribution in [1.82, 2.24) is 15.1 Å². The molecule has 38 heavy (non-hydrogen) atoms. The molecule has 5 rings (SSSR count). The summed E-state index contributed by atoms with van der Waals surface area (Å²) in [7, 11) is 4.98. The van der Waals surface area contributed by atoms with Crippen LogP contribution in [-0.2, 0) is 22.4 Å². The smallest absolute Gasteiger partial charge is 0.330 e. The monoisotopic (exact) mass is 523 g/mol. The van der Waals surface area contributed by atoms with Crippen molar-refractivity contribution >= 4 is 29.2 Å². The van der Waals surface area contributed by atoms with Crippen molar-refractivity contribution in [2.24, 2.45) is 5.41 Å². The first-order valence-electron chi connectivity index (χ1n) is 12.3. The molecule has 2 fully saturated rings. The Kier molecular flexibility index (Phi) is 6.43. The Hall–Kier alpha value is -4.19. The summed E-state index contributed by atoms with van der Waals surface area (Å²) in [5.74, 6) is -0.173. The van der Waals surface area contributed by atoms with Gasteiger partial charge in [-0.05, 0) is 42.8 Å². The molecule has 0 unspecified atom stereocenters. The molecule has 3 heterocycles. The van der Waals surface area contributed by atoms with E-state index in [4.69, 9.17) is 9.47 Å². The zero-order chi connectivity index (χ0) is 27.2. The van der Waals surface area contributed by atoms with Crippen LogP contribution < -0.4 is 19.7 Å². The van der Waals surface area contributed by atoms with Gasteiger partial charge >= 0.3 is 6.03 Å².